The summed E-state index contributed by atoms with van der Waals surface area (Å²) < 4.78 is 189. The van der Waals surface area contributed by atoms with Crippen molar-refractivity contribution in [1.29, 1.82) is 0 Å². The number of aldehydes is 1. The zero-order valence-electron chi connectivity index (χ0n) is 62.0. The van der Waals surface area contributed by atoms with E-state index >= 15 is 0 Å². The number of Topliss-reactive ketones (excluding diaryl/α,β-unsaturated/α-hetero) is 1. The molecule has 4 aromatic heterocycles. The van der Waals surface area contributed by atoms with Crippen LogP contribution in [0, 0.1) is 29.6 Å². The van der Waals surface area contributed by atoms with Crippen LogP contribution in [0.25, 0.3) is 43.6 Å². The number of aromatic nitrogens is 4. The highest BCUT2D eigenvalue weighted by molar-refractivity contribution is 5.96. The number of nitrogens with zero attached hydrogens (tertiary/aromatic N) is 5. The molecule has 14 rings (SSSR count). The van der Waals surface area contributed by atoms with Crippen molar-refractivity contribution in [2.75, 3.05) is 0 Å². The fourth-order valence-corrected chi connectivity index (χ4v) is 16.4. The Kier molecular flexibility index (Phi) is 25.5. The van der Waals surface area contributed by atoms with Crippen LogP contribution in [-0.2, 0) is 29.5 Å². The number of pyridine rings is 4. The number of carboxylic acids is 1. The highest BCUT2D eigenvalue weighted by atomic mass is 19.4. The van der Waals surface area contributed by atoms with Crippen LogP contribution in [0.1, 0.15) is 244 Å². The fraction of sp³-hybridized carbons (Fsp3) is 0.530. The second-order valence-corrected chi connectivity index (χ2v) is 30.8. The maximum Gasteiger partial charge on any atom is 0.420 e. The van der Waals surface area contributed by atoms with E-state index in [4.69, 9.17) is 18.9 Å². The van der Waals surface area contributed by atoms with Gasteiger partial charge in [-0.15, -0.1) is 0 Å². The summed E-state index contributed by atoms with van der Waals surface area (Å²) in [5, 5.41) is 19.0. The smallest absolute Gasteiger partial charge is 0.420 e. The second kappa shape index (κ2) is 34.1. The third kappa shape index (κ3) is 19.9. The van der Waals surface area contributed by atoms with Gasteiger partial charge in [-0.3, -0.25) is 29.3 Å². The second-order valence-electron chi connectivity index (χ2n) is 30.8. The number of hydrogen-bond acceptors (Lipinski definition) is 13. The molecule has 2 N–H and O–H groups in total. The Morgan fingerprint density at radius 2 is 0.725 bits per heavy atom. The molecular formula is C83H93F12N5O9. The molecule has 4 aliphatic carbocycles. The number of ether oxygens (including phenoxy) is 4. The maximum absolute atomic E-state index is 14.2. The van der Waals surface area contributed by atoms with Gasteiger partial charge in [-0.25, -0.2) is 9.97 Å². The predicted octanol–water partition coefficient (Wildman–Crippen LogP) is 22.3. The van der Waals surface area contributed by atoms with Crippen LogP contribution < -0.4 is 18.9 Å². The largest absolute Gasteiger partial charge is 0.490 e. The molecule has 4 saturated carbocycles. The molecule has 0 radical (unpaired) electrons. The Hall–Kier alpha value is -8.39. The van der Waals surface area contributed by atoms with Crippen molar-refractivity contribution in [1.82, 2.24) is 24.8 Å². The third-order valence-corrected chi connectivity index (χ3v) is 22.5. The van der Waals surface area contributed by atoms with Crippen LogP contribution in [0.5, 0.6) is 23.0 Å². The molecule has 109 heavy (non-hydrogen) atoms. The van der Waals surface area contributed by atoms with Gasteiger partial charge in [0, 0.05) is 46.6 Å². The minimum absolute atomic E-state index is 0.00132. The van der Waals surface area contributed by atoms with E-state index in [1.54, 1.807) is 12.1 Å². The molecule has 2 aliphatic heterocycles. The number of piperidine rings is 1. The number of ketones is 1. The molecule has 4 unspecified atom stereocenters. The molecule has 8 aromatic rings. The lowest BCUT2D eigenvalue weighted by atomic mass is 9.89. The Morgan fingerprint density at radius 3 is 1.04 bits per heavy atom. The average Bonchev–Trinajstić information content (AvgIpc) is 1.75. The van der Waals surface area contributed by atoms with E-state index in [0.29, 0.717) is 59.7 Å². The number of halogens is 12. The van der Waals surface area contributed by atoms with Gasteiger partial charge < -0.3 is 29.2 Å². The van der Waals surface area contributed by atoms with Crippen LogP contribution >= 0.6 is 0 Å². The lowest BCUT2D eigenvalue weighted by Gasteiger charge is -2.41. The first-order valence-corrected chi connectivity index (χ1v) is 37.9. The van der Waals surface area contributed by atoms with Crippen LogP contribution in [0.4, 0.5) is 52.7 Å². The van der Waals surface area contributed by atoms with Crippen molar-refractivity contribution < 1.29 is 96.2 Å². The first kappa shape index (κ1) is 81.6. The highest BCUT2D eigenvalue weighted by Gasteiger charge is 2.47. The van der Waals surface area contributed by atoms with Crippen LogP contribution in [0.2, 0.25) is 0 Å². The molecule has 6 heterocycles. The average molecular weight is 1530 g/mol. The topological polar surface area (TPSA) is 183 Å². The van der Waals surface area contributed by atoms with Gasteiger partial charge in [-0.2, -0.15) is 52.7 Å². The number of hydrogen-bond donors (Lipinski definition) is 2. The Labute approximate surface area is 625 Å². The maximum atomic E-state index is 14.2. The number of benzene rings is 4. The molecule has 0 amide bonds. The van der Waals surface area contributed by atoms with Gasteiger partial charge in [-0.05, 0) is 251 Å². The quantitative estimate of drug-likeness (QED) is 0.0595. The van der Waals surface area contributed by atoms with E-state index in [9.17, 15) is 77.3 Å². The molecule has 26 heteroatoms. The Morgan fingerprint density at radius 1 is 0.422 bits per heavy atom. The summed E-state index contributed by atoms with van der Waals surface area (Å²) in [6.07, 6.45) is -2.30. The number of aliphatic hydroxyl groups excluding tert-OH is 1. The number of carbonyl (C=O) groups is 3. The number of aliphatic hydroxyl groups is 1. The van der Waals surface area contributed by atoms with Gasteiger partial charge in [0.25, 0.3) is 0 Å². The van der Waals surface area contributed by atoms with Crippen molar-refractivity contribution in [3.63, 3.8) is 0 Å². The summed E-state index contributed by atoms with van der Waals surface area (Å²) in [4.78, 5) is 52.8. The normalized spacial score (nSPS) is 24.6. The molecule has 588 valence electrons. The molecule has 14 nitrogen and oxygen atoms in total. The van der Waals surface area contributed by atoms with E-state index in [1.807, 2.05) is 6.92 Å². The van der Waals surface area contributed by atoms with Gasteiger partial charge >= 0.3 is 30.7 Å². The summed E-state index contributed by atoms with van der Waals surface area (Å²) >= 11 is 0. The first-order valence-electron chi connectivity index (χ1n) is 37.9. The summed E-state index contributed by atoms with van der Waals surface area (Å²) in [5.41, 5.74) is -1.07. The van der Waals surface area contributed by atoms with Crippen LogP contribution in [0.15, 0.2) is 97.1 Å². The fourth-order valence-electron chi connectivity index (χ4n) is 16.4. The molecule has 4 atom stereocenters. The minimum Gasteiger partial charge on any atom is -0.490 e. The van der Waals surface area contributed by atoms with Crippen LogP contribution in [-0.4, -0.2) is 89.6 Å². The standard InChI is InChI=1S/C27H33F3N2O3.C19H22F3NO2.C19H20F3NO2.C18H18F3NO2/c1-15-3-7-20(8-4-15)35-24-12-11-23-21(25(24)27(28,29)30)9-10-22(31-23)16(2)32-18-5-6-19(32)14-17(13-18)26(33)34;2*1-11-3-5-13(6-4-11)25-17-10-9-16-14(18(17)19(20,21)22)7-8-15(23-16)12(2)24;1-11-2-5-13(6-3-11)24-16-9-8-15-14(17(16)18(19,20)21)7-4-12(10-23)22-15/h9-12,15-20H,3-8,13-14H2,1-2H3,(H,33,34);7-13,24H,3-6H2,1-2H3;7-11,13H,3-6H2,1-2H3;4,7-11,13H,2-3,5-6H2,1H3. The van der Waals surface area contributed by atoms with E-state index in [1.165, 1.54) is 98.8 Å². The Balaban J connectivity index is 0.000000146. The molecule has 2 bridgehead atoms. The van der Waals surface area contributed by atoms with Crippen LogP contribution in [0.3, 0.4) is 0 Å². The summed E-state index contributed by atoms with van der Waals surface area (Å²) in [5.74, 6) is 0.470. The monoisotopic (exact) mass is 1530 g/mol. The molecular weight excluding hydrogens is 1440 g/mol. The number of carbonyl (C=O) groups excluding carboxylic acids is 2. The summed E-state index contributed by atoms with van der Waals surface area (Å²) in [6, 6.07) is 23.0. The minimum atomic E-state index is -4.56. The third-order valence-electron chi connectivity index (χ3n) is 22.5. The van der Waals surface area contributed by atoms with Crippen molar-refractivity contribution in [2.24, 2.45) is 29.6 Å². The molecule has 2 saturated heterocycles. The molecule has 0 spiro atoms. The molecule has 4 aromatic carbocycles. The van der Waals surface area contributed by atoms with Crippen molar-refractivity contribution in [2.45, 2.75) is 250 Å². The summed E-state index contributed by atoms with van der Waals surface area (Å²) in [7, 11) is 0. The molecule has 6 fully saturated rings. The van der Waals surface area contributed by atoms with Gasteiger partial charge in [0.1, 0.15) is 56.6 Å². The zero-order chi connectivity index (χ0) is 78.6. The van der Waals surface area contributed by atoms with Gasteiger partial charge in [0.15, 0.2) is 12.1 Å². The van der Waals surface area contributed by atoms with Gasteiger partial charge in [0.05, 0.1) is 69.9 Å². The van der Waals surface area contributed by atoms with E-state index in [0.717, 1.165) is 116 Å². The van der Waals surface area contributed by atoms with Gasteiger partial charge in [0.2, 0.25) is 0 Å². The predicted molar refractivity (Wildman–Crippen MR) is 389 cm³/mol. The highest BCUT2D eigenvalue weighted by Crippen LogP contribution is 2.49. The molecule has 6 aliphatic rings. The number of alkyl halides is 12. The van der Waals surface area contributed by atoms with E-state index in [2.05, 4.69) is 52.5 Å². The lowest BCUT2D eigenvalue weighted by molar-refractivity contribution is -0.145. The Bertz CT molecular complexity index is 4500. The zero-order valence-corrected chi connectivity index (χ0v) is 62.0. The van der Waals surface area contributed by atoms with E-state index < -0.39 is 59.0 Å². The number of aliphatic carboxylic acids is 1. The lowest BCUT2D eigenvalue weighted by Crippen LogP contribution is -2.45. The van der Waals surface area contributed by atoms with Gasteiger partial charge in [-0.1, -0.05) is 39.8 Å². The first-order chi connectivity index (χ1) is 51.5. The van der Waals surface area contributed by atoms with E-state index in [-0.39, 0.29) is 127 Å². The van der Waals surface area contributed by atoms with Crippen molar-refractivity contribution in [3.05, 3.63) is 142 Å². The number of carboxylic acid groups (broad SMARTS) is 1. The number of rotatable bonds is 14. The SMILES string of the molecule is CC(=O)c1ccc2c(C(F)(F)F)c(OC3CCC(C)CC3)ccc2n1.CC1CCC(Oc2ccc3nc(C(C)N4C5CCC4CC(C(=O)O)C5)ccc3c2C(F)(F)F)CC1.CC1CCC(Oc2ccc3nc(C(C)O)ccc3c2C(F)(F)F)CC1.CC1CCC(Oc2ccc3nc(C=O)ccc3c2C(F)(F)F)CC1. The van der Waals surface area contributed by atoms with Crippen molar-refractivity contribution >= 4 is 61.7 Å². The van der Waals surface area contributed by atoms with Crippen molar-refractivity contribution in [3.8, 4) is 23.0 Å². The number of fused-ring (bicyclic) bond motifs is 6. The summed E-state index contributed by atoms with van der Waals surface area (Å²) in [6.45, 7) is 13.5.